The Morgan fingerprint density at radius 1 is 1.60 bits per heavy atom. The molecule has 0 atom stereocenters. The first kappa shape index (κ1) is 13.1. The van der Waals surface area contributed by atoms with Crippen LogP contribution in [0, 0.1) is 0 Å². The Morgan fingerprint density at radius 2 is 2.45 bits per heavy atom. The first-order valence-electron chi connectivity index (χ1n) is 6.86. The van der Waals surface area contributed by atoms with Crippen LogP contribution in [0.4, 0.5) is 4.79 Å². The van der Waals surface area contributed by atoms with Gasteiger partial charge in [0.2, 0.25) is 0 Å². The zero-order chi connectivity index (χ0) is 13.9. The molecule has 106 valence electrons. The molecule has 1 amide bonds. The van der Waals surface area contributed by atoms with E-state index in [0.717, 1.165) is 30.9 Å². The van der Waals surface area contributed by atoms with Gasteiger partial charge in [-0.25, -0.2) is 4.79 Å². The number of ether oxygens (including phenoxy) is 2. The lowest BCUT2D eigenvalue weighted by Gasteiger charge is -2.30. The maximum absolute atomic E-state index is 11.9. The lowest BCUT2D eigenvalue weighted by atomic mass is 9.95. The van der Waals surface area contributed by atoms with E-state index < -0.39 is 0 Å². The summed E-state index contributed by atoms with van der Waals surface area (Å²) in [5.74, 6) is 0.455. The quantitative estimate of drug-likeness (QED) is 0.790. The van der Waals surface area contributed by atoms with Crippen molar-refractivity contribution in [2.24, 2.45) is 0 Å². The van der Waals surface area contributed by atoms with Crippen molar-refractivity contribution >= 4 is 6.09 Å². The van der Waals surface area contributed by atoms with Crippen molar-refractivity contribution in [2.75, 3.05) is 26.4 Å². The number of nitrogens with zero attached hydrogens (tertiary/aromatic N) is 2. The van der Waals surface area contributed by atoms with Gasteiger partial charge in [0.05, 0.1) is 19.8 Å². The van der Waals surface area contributed by atoms with E-state index in [4.69, 9.17) is 9.47 Å². The highest BCUT2D eigenvalue weighted by molar-refractivity contribution is 5.68. The molecule has 3 rings (SSSR count). The summed E-state index contributed by atoms with van der Waals surface area (Å²) in [4.78, 5) is 18.1. The van der Waals surface area contributed by atoms with Crippen LogP contribution in [-0.4, -0.2) is 42.3 Å². The summed E-state index contributed by atoms with van der Waals surface area (Å²) < 4.78 is 10.3. The topological polar surface area (TPSA) is 51.7 Å². The SMILES string of the molecule is C=CCOC(=O)N1CCc2ncc(C3COC3)cc2C1. The zero-order valence-electron chi connectivity index (χ0n) is 11.4. The van der Waals surface area contributed by atoms with Crippen molar-refractivity contribution in [1.82, 2.24) is 9.88 Å². The summed E-state index contributed by atoms with van der Waals surface area (Å²) in [6.07, 6.45) is 4.01. The highest BCUT2D eigenvalue weighted by Crippen LogP contribution is 2.27. The van der Waals surface area contributed by atoms with Crippen LogP contribution in [0.1, 0.15) is 22.7 Å². The molecular formula is C15H18N2O3. The molecule has 0 saturated carbocycles. The fourth-order valence-electron chi connectivity index (χ4n) is 2.47. The predicted octanol–water partition coefficient (Wildman–Crippen LogP) is 1.88. The number of pyridine rings is 1. The van der Waals surface area contributed by atoms with Crippen LogP contribution in [0.3, 0.4) is 0 Å². The van der Waals surface area contributed by atoms with E-state index in [2.05, 4.69) is 17.6 Å². The number of fused-ring (bicyclic) bond motifs is 1. The summed E-state index contributed by atoms with van der Waals surface area (Å²) >= 11 is 0. The summed E-state index contributed by atoms with van der Waals surface area (Å²) in [6.45, 7) is 6.56. The van der Waals surface area contributed by atoms with E-state index in [1.165, 1.54) is 5.56 Å². The molecule has 0 unspecified atom stereocenters. The van der Waals surface area contributed by atoms with Gasteiger partial charge in [0.25, 0.3) is 0 Å². The van der Waals surface area contributed by atoms with Crippen molar-refractivity contribution < 1.29 is 14.3 Å². The third-order valence-corrected chi connectivity index (χ3v) is 3.75. The van der Waals surface area contributed by atoms with Crippen LogP contribution >= 0.6 is 0 Å². The first-order chi connectivity index (χ1) is 9.78. The molecule has 0 aromatic carbocycles. The van der Waals surface area contributed by atoms with Crippen molar-refractivity contribution in [3.8, 4) is 0 Å². The maximum atomic E-state index is 11.9. The average molecular weight is 274 g/mol. The molecule has 0 radical (unpaired) electrons. The fraction of sp³-hybridized carbons (Fsp3) is 0.467. The van der Waals surface area contributed by atoms with E-state index in [1.807, 2.05) is 6.20 Å². The second-order valence-corrected chi connectivity index (χ2v) is 5.15. The van der Waals surface area contributed by atoms with E-state index in [-0.39, 0.29) is 12.7 Å². The average Bonchev–Trinajstić information content (AvgIpc) is 2.42. The van der Waals surface area contributed by atoms with Gasteiger partial charge in [-0.3, -0.25) is 4.98 Å². The first-order valence-corrected chi connectivity index (χ1v) is 6.86. The van der Waals surface area contributed by atoms with E-state index in [9.17, 15) is 4.79 Å². The zero-order valence-corrected chi connectivity index (χ0v) is 11.4. The minimum absolute atomic E-state index is 0.250. The molecule has 1 fully saturated rings. The van der Waals surface area contributed by atoms with Gasteiger partial charge in [-0.1, -0.05) is 18.7 Å². The second-order valence-electron chi connectivity index (χ2n) is 5.15. The molecule has 3 heterocycles. The lowest BCUT2D eigenvalue weighted by molar-refractivity contribution is 0.00820. The summed E-state index contributed by atoms with van der Waals surface area (Å²) in [6, 6.07) is 2.16. The van der Waals surface area contributed by atoms with Crippen LogP contribution in [0.5, 0.6) is 0 Å². The van der Waals surface area contributed by atoms with Crippen LogP contribution in [0.2, 0.25) is 0 Å². The Labute approximate surface area is 118 Å². The van der Waals surface area contributed by atoms with Gasteiger partial charge in [0.15, 0.2) is 0 Å². The normalized spacial score (nSPS) is 18.1. The molecule has 1 aromatic heterocycles. The Bertz CT molecular complexity index is 526. The van der Waals surface area contributed by atoms with Gasteiger partial charge < -0.3 is 14.4 Å². The monoisotopic (exact) mass is 274 g/mol. The van der Waals surface area contributed by atoms with Crippen LogP contribution in [0.25, 0.3) is 0 Å². The number of hydrogen-bond donors (Lipinski definition) is 0. The van der Waals surface area contributed by atoms with Crippen LogP contribution < -0.4 is 0 Å². The minimum Gasteiger partial charge on any atom is -0.445 e. The van der Waals surface area contributed by atoms with Crippen molar-refractivity contribution in [3.63, 3.8) is 0 Å². The van der Waals surface area contributed by atoms with Gasteiger partial charge in [-0.15, -0.1) is 0 Å². The number of aromatic nitrogens is 1. The number of carbonyl (C=O) groups excluding carboxylic acids is 1. The molecule has 0 spiro atoms. The molecule has 5 nitrogen and oxygen atoms in total. The molecule has 5 heteroatoms. The van der Waals surface area contributed by atoms with Crippen molar-refractivity contribution in [1.29, 1.82) is 0 Å². The van der Waals surface area contributed by atoms with Gasteiger partial charge in [-0.05, 0) is 11.1 Å². The lowest BCUT2D eigenvalue weighted by Crippen LogP contribution is -2.37. The largest absolute Gasteiger partial charge is 0.445 e. The Kier molecular flexibility index (Phi) is 3.69. The summed E-state index contributed by atoms with van der Waals surface area (Å²) in [5, 5.41) is 0. The van der Waals surface area contributed by atoms with Gasteiger partial charge in [-0.2, -0.15) is 0 Å². The molecule has 2 aliphatic heterocycles. The number of hydrogen-bond acceptors (Lipinski definition) is 4. The Hall–Kier alpha value is -1.88. The molecule has 20 heavy (non-hydrogen) atoms. The molecule has 1 saturated heterocycles. The fourth-order valence-corrected chi connectivity index (χ4v) is 2.47. The number of amides is 1. The maximum Gasteiger partial charge on any atom is 0.410 e. The Morgan fingerprint density at radius 3 is 3.15 bits per heavy atom. The molecule has 1 aromatic rings. The van der Waals surface area contributed by atoms with Gasteiger partial charge >= 0.3 is 6.09 Å². The molecular weight excluding hydrogens is 256 g/mol. The third-order valence-electron chi connectivity index (χ3n) is 3.75. The molecule has 0 aliphatic carbocycles. The predicted molar refractivity (Wildman–Crippen MR) is 73.5 cm³/mol. The summed E-state index contributed by atoms with van der Waals surface area (Å²) in [7, 11) is 0. The molecule has 0 N–H and O–H groups in total. The van der Waals surface area contributed by atoms with Gasteiger partial charge in [0, 0.05) is 30.8 Å². The highest BCUT2D eigenvalue weighted by Gasteiger charge is 2.26. The van der Waals surface area contributed by atoms with Crippen LogP contribution in [0.15, 0.2) is 24.9 Å². The van der Waals surface area contributed by atoms with E-state index >= 15 is 0 Å². The Balaban J connectivity index is 1.72. The highest BCUT2D eigenvalue weighted by atomic mass is 16.6. The van der Waals surface area contributed by atoms with Gasteiger partial charge in [0.1, 0.15) is 6.61 Å². The third kappa shape index (κ3) is 2.54. The van der Waals surface area contributed by atoms with Crippen molar-refractivity contribution in [3.05, 3.63) is 41.7 Å². The van der Waals surface area contributed by atoms with E-state index in [1.54, 1.807) is 11.0 Å². The van der Waals surface area contributed by atoms with Crippen molar-refractivity contribution in [2.45, 2.75) is 18.9 Å². The van der Waals surface area contributed by atoms with E-state index in [0.29, 0.717) is 19.0 Å². The minimum atomic E-state index is -0.284. The molecule has 2 aliphatic rings. The number of rotatable bonds is 3. The number of carbonyl (C=O) groups is 1. The molecule has 0 bridgehead atoms. The standard InChI is InChI=1S/C15H18N2O3/c1-2-5-20-15(18)17-4-3-14-12(8-17)6-11(7-16-14)13-9-19-10-13/h2,6-7,13H,1,3-5,8-10H2. The van der Waals surface area contributed by atoms with Crippen LogP contribution in [-0.2, 0) is 22.4 Å². The second kappa shape index (κ2) is 5.63. The summed E-state index contributed by atoms with van der Waals surface area (Å²) in [5.41, 5.74) is 3.41. The smallest absolute Gasteiger partial charge is 0.410 e.